The molecule has 1 rings (SSSR count). The van der Waals surface area contributed by atoms with Crippen molar-refractivity contribution in [3.63, 3.8) is 0 Å². The number of carbonyl (C=O) groups excluding carboxylic acids is 1. The second kappa shape index (κ2) is 9.53. The highest BCUT2D eigenvalue weighted by molar-refractivity contribution is 7.98. The first-order valence-electron chi connectivity index (χ1n) is 7.23. The van der Waals surface area contributed by atoms with Crippen LogP contribution in [0.3, 0.4) is 0 Å². The van der Waals surface area contributed by atoms with E-state index in [1.165, 1.54) is 16.7 Å². The Balaban J connectivity index is 2.73. The molecule has 0 fully saturated rings. The van der Waals surface area contributed by atoms with Crippen LogP contribution in [0.2, 0.25) is 0 Å². The zero-order valence-electron chi connectivity index (χ0n) is 13.2. The van der Waals surface area contributed by atoms with Crippen molar-refractivity contribution in [3.05, 3.63) is 17.9 Å². The molecule has 1 amide bonds. The van der Waals surface area contributed by atoms with Crippen LogP contribution in [-0.4, -0.2) is 54.4 Å². The minimum Gasteiger partial charge on any atom is -0.481 e. The SMILES string of the molecule is CCOCCCN(CC(C)C(=O)O)C(=O)c1ccc(SC)o1. The lowest BCUT2D eigenvalue weighted by Crippen LogP contribution is -2.37. The Morgan fingerprint density at radius 1 is 1.45 bits per heavy atom. The van der Waals surface area contributed by atoms with E-state index in [1.807, 2.05) is 13.2 Å². The molecular weight excluding hydrogens is 306 g/mol. The van der Waals surface area contributed by atoms with Crippen LogP contribution in [0.1, 0.15) is 30.8 Å². The number of hydrogen-bond donors (Lipinski definition) is 1. The van der Waals surface area contributed by atoms with E-state index in [-0.39, 0.29) is 18.2 Å². The lowest BCUT2D eigenvalue weighted by Gasteiger charge is -2.23. The zero-order valence-corrected chi connectivity index (χ0v) is 14.0. The van der Waals surface area contributed by atoms with E-state index in [4.69, 9.17) is 14.3 Å². The first-order valence-corrected chi connectivity index (χ1v) is 8.45. The summed E-state index contributed by atoms with van der Waals surface area (Å²) in [6.07, 6.45) is 2.52. The number of hydrogen-bond acceptors (Lipinski definition) is 5. The minimum absolute atomic E-state index is 0.148. The lowest BCUT2D eigenvalue weighted by atomic mass is 10.1. The lowest BCUT2D eigenvalue weighted by molar-refractivity contribution is -0.141. The van der Waals surface area contributed by atoms with Crippen molar-refractivity contribution in [1.29, 1.82) is 0 Å². The highest BCUT2D eigenvalue weighted by Gasteiger charge is 2.23. The minimum atomic E-state index is -0.924. The standard InChI is InChI=1S/C15H23NO5S/c1-4-20-9-5-8-16(10-11(2)15(18)19)14(17)12-6-7-13(21-12)22-3/h6-7,11H,4-5,8-10H2,1-3H3,(H,18,19). The van der Waals surface area contributed by atoms with E-state index in [2.05, 4.69) is 0 Å². The number of carboxylic acids is 1. The zero-order chi connectivity index (χ0) is 16.5. The van der Waals surface area contributed by atoms with Crippen LogP contribution in [0.5, 0.6) is 0 Å². The summed E-state index contributed by atoms with van der Waals surface area (Å²) in [5.41, 5.74) is 0. The number of furan rings is 1. The Hall–Kier alpha value is -1.47. The molecule has 0 spiro atoms. The Bertz CT molecular complexity index is 488. The van der Waals surface area contributed by atoms with Crippen LogP contribution in [-0.2, 0) is 9.53 Å². The molecule has 0 aliphatic rings. The van der Waals surface area contributed by atoms with E-state index < -0.39 is 11.9 Å². The Labute approximate surface area is 134 Å². The third-order valence-corrected chi connectivity index (χ3v) is 3.74. The molecule has 7 heteroatoms. The molecule has 1 atom stereocenters. The summed E-state index contributed by atoms with van der Waals surface area (Å²) in [5.74, 6) is -1.61. The summed E-state index contributed by atoms with van der Waals surface area (Å²) in [6, 6.07) is 3.35. The van der Waals surface area contributed by atoms with Gasteiger partial charge in [-0.1, -0.05) is 18.7 Å². The van der Waals surface area contributed by atoms with Crippen molar-refractivity contribution in [2.45, 2.75) is 25.4 Å². The molecule has 0 aliphatic carbocycles. The molecule has 1 aromatic heterocycles. The largest absolute Gasteiger partial charge is 0.481 e. The molecule has 1 N–H and O–H groups in total. The van der Waals surface area contributed by atoms with Gasteiger partial charge in [0.05, 0.1) is 5.92 Å². The van der Waals surface area contributed by atoms with E-state index in [0.29, 0.717) is 31.3 Å². The summed E-state index contributed by atoms with van der Waals surface area (Å²) in [7, 11) is 0. The fraction of sp³-hybridized carbons (Fsp3) is 0.600. The monoisotopic (exact) mass is 329 g/mol. The Morgan fingerprint density at radius 3 is 2.73 bits per heavy atom. The quantitative estimate of drug-likeness (QED) is 0.525. The van der Waals surface area contributed by atoms with E-state index in [9.17, 15) is 9.59 Å². The van der Waals surface area contributed by atoms with Gasteiger partial charge in [-0.05, 0) is 31.7 Å². The maximum absolute atomic E-state index is 12.5. The van der Waals surface area contributed by atoms with Gasteiger partial charge in [-0.3, -0.25) is 9.59 Å². The Morgan fingerprint density at radius 2 is 2.18 bits per heavy atom. The van der Waals surface area contributed by atoms with Crippen LogP contribution in [0.15, 0.2) is 21.6 Å². The van der Waals surface area contributed by atoms with Crippen molar-refractivity contribution in [2.75, 3.05) is 32.6 Å². The summed E-state index contributed by atoms with van der Waals surface area (Å²) < 4.78 is 10.7. The second-order valence-corrected chi connectivity index (χ2v) is 5.67. The van der Waals surface area contributed by atoms with Crippen molar-refractivity contribution in [1.82, 2.24) is 4.90 Å². The van der Waals surface area contributed by atoms with Gasteiger partial charge in [-0.25, -0.2) is 0 Å². The highest BCUT2D eigenvalue weighted by Crippen LogP contribution is 2.19. The number of nitrogens with zero attached hydrogens (tertiary/aromatic N) is 1. The normalized spacial score (nSPS) is 12.1. The number of carboxylic acid groups (broad SMARTS) is 1. The fourth-order valence-electron chi connectivity index (χ4n) is 1.89. The smallest absolute Gasteiger partial charge is 0.308 e. The number of amides is 1. The van der Waals surface area contributed by atoms with Crippen LogP contribution in [0.25, 0.3) is 0 Å². The molecular formula is C15H23NO5S. The summed E-state index contributed by atoms with van der Waals surface area (Å²) in [5, 5.41) is 9.70. The van der Waals surface area contributed by atoms with Gasteiger partial charge in [0, 0.05) is 26.3 Å². The highest BCUT2D eigenvalue weighted by atomic mass is 32.2. The van der Waals surface area contributed by atoms with E-state index >= 15 is 0 Å². The third kappa shape index (κ3) is 5.73. The van der Waals surface area contributed by atoms with Gasteiger partial charge in [-0.2, -0.15) is 0 Å². The molecule has 0 saturated heterocycles. The molecule has 0 aromatic carbocycles. The molecule has 124 valence electrons. The summed E-state index contributed by atoms with van der Waals surface area (Å²) >= 11 is 1.41. The summed E-state index contributed by atoms with van der Waals surface area (Å²) in [6.45, 7) is 5.23. The average Bonchev–Trinajstić information content (AvgIpc) is 2.98. The number of ether oxygens (including phenoxy) is 1. The van der Waals surface area contributed by atoms with Gasteiger partial charge in [-0.15, -0.1) is 0 Å². The van der Waals surface area contributed by atoms with Crippen LogP contribution >= 0.6 is 11.8 Å². The third-order valence-electron chi connectivity index (χ3n) is 3.12. The first kappa shape index (κ1) is 18.6. The molecule has 0 radical (unpaired) electrons. The molecule has 0 aliphatic heterocycles. The van der Waals surface area contributed by atoms with Crippen molar-refractivity contribution < 1.29 is 23.8 Å². The number of aliphatic carboxylic acids is 1. The van der Waals surface area contributed by atoms with Gasteiger partial charge in [0.1, 0.15) is 0 Å². The first-order chi connectivity index (χ1) is 10.5. The average molecular weight is 329 g/mol. The second-order valence-electron chi connectivity index (χ2n) is 4.86. The topological polar surface area (TPSA) is 80.0 Å². The molecule has 6 nitrogen and oxygen atoms in total. The van der Waals surface area contributed by atoms with Crippen LogP contribution in [0.4, 0.5) is 0 Å². The van der Waals surface area contributed by atoms with Crippen LogP contribution in [0, 0.1) is 5.92 Å². The van der Waals surface area contributed by atoms with Crippen molar-refractivity contribution in [2.24, 2.45) is 5.92 Å². The van der Waals surface area contributed by atoms with Gasteiger partial charge in [0.25, 0.3) is 5.91 Å². The molecule has 0 bridgehead atoms. The van der Waals surface area contributed by atoms with Gasteiger partial charge in [0.2, 0.25) is 0 Å². The predicted molar refractivity (Wildman–Crippen MR) is 84.3 cm³/mol. The van der Waals surface area contributed by atoms with Crippen molar-refractivity contribution >= 4 is 23.6 Å². The fourth-order valence-corrected chi connectivity index (χ4v) is 2.26. The predicted octanol–water partition coefficient (Wildman–Crippen LogP) is 2.59. The molecule has 1 unspecified atom stereocenters. The molecule has 22 heavy (non-hydrogen) atoms. The molecule has 1 aromatic rings. The Kier molecular flexibility index (Phi) is 8.05. The van der Waals surface area contributed by atoms with E-state index in [1.54, 1.807) is 19.1 Å². The maximum atomic E-state index is 12.5. The van der Waals surface area contributed by atoms with E-state index in [0.717, 1.165) is 0 Å². The number of rotatable bonds is 10. The van der Waals surface area contributed by atoms with Gasteiger partial charge < -0.3 is 19.2 Å². The summed E-state index contributed by atoms with van der Waals surface area (Å²) in [4.78, 5) is 25.0. The van der Waals surface area contributed by atoms with Gasteiger partial charge >= 0.3 is 5.97 Å². The van der Waals surface area contributed by atoms with Crippen molar-refractivity contribution in [3.8, 4) is 0 Å². The number of carbonyl (C=O) groups is 2. The van der Waals surface area contributed by atoms with Gasteiger partial charge in [0.15, 0.2) is 10.9 Å². The molecule has 1 heterocycles. The maximum Gasteiger partial charge on any atom is 0.308 e. The van der Waals surface area contributed by atoms with Crippen LogP contribution < -0.4 is 0 Å². The number of thioether (sulfide) groups is 1. The molecule has 0 saturated carbocycles.